The molecule has 1 atom stereocenters. The van der Waals surface area contributed by atoms with Gasteiger partial charge in [-0.2, -0.15) is 0 Å². The van der Waals surface area contributed by atoms with Crippen LogP contribution in [0.3, 0.4) is 0 Å². The third-order valence-corrected chi connectivity index (χ3v) is 5.45. The highest BCUT2D eigenvalue weighted by Gasteiger charge is 2.31. The standard InChI is InChI=1S/C18H25ClN2O2/c19-16-3-1-13(2-4-16)17(22)14-7-11-21(12-8-14)18(23)15-5-9-20-10-6-15/h1-4,14-15,17,20,22H,5-12H2/t17-/m1/s1. The average Bonchev–Trinajstić information content (AvgIpc) is 2.62. The second-order valence-corrected chi connectivity index (χ2v) is 7.12. The van der Waals surface area contributed by atoms with E-state index in [9.17, 15) is 9.90 Å². The number of benzene rings is 1. The molecule has 2 aliphatic heterocycles. The topological polar surface area (TPSA) is 52.6 Å². The van der Waals surface area contributed by atoms with E-state index in [4.69, 9.17) is 11.6 Å². The molecule has 126 valence electrons. The molecule has 0 aromatic heterocycles. The van der Waals surface area contributed by atoms with Gasteiger partial charge < -0.3 is 15.3 Å². The minimum absolute atomic E-state index is 0.189. The molecule has 0 saturated carbocycles. The Hall–Kier alpha value is -1.10. The molecular weight excluding hydrogens is 312 g/mol. The minimum atomic E-state index is -0.469. The average molecular weight is 337 g/mol. The van der Waals surface area contributed by atoms with Gasteiger partial charge in [0.2, 0.25) is 5.91 Å². The quantitative estimate of drug-likeness (QED) is 0.892. The number of carbonyl (C=O) groups is 1. The van der Waals surface area contributed by atoms with Gasteiger partial charge in [0.1, 0.15) is 0 Å². The lowest BCUT2D eigenvalue weighted by Gasteiger charge is -2.37. The first-order valence-electron chi connectivity index (χ1n) is 8.58. The molecule has 0 bridgehead atoms. The van der Waals surface area contributed by atoms with Gasteiger partial charge in [-0.1, -0.05) is 23.7 Å². The molecule has 23 heavy (non-hydrogen) atoms. The molecule has 0 spiro atoms. The number of nitrogens with zero attached hydrogens (tertiary/aromatic N) is 1. The molecule has 2 heterocycles. The number of aliphatic hydroxyl groups excluding tert-OH is 1. The number of nitrogens with one attached hydrogen (secondary N) is 1. The van der Waals surface area contributed by atoms with Crippen LogP contribution in [0, 0.1) is 11.8 Å². The van der Waals surface area contributed by atoms with Crippen molar-refractivity contribution < 1.29 is 9.90 Å². The van der Waals surface area contributed by atoms with E-state index in [1.807, 2.05) is 29.2 Å². The van der Waals surface area contributed by atoms with E-state index in [0.29, 0.717) is 10.9 Å². The highest BCUT2D eigenvalue weighted by atomic mass is 35.5. The second-order valence-electron chi connectivity index (χ2n) is 6.68. The van der Waals surface area contributed by atoms with Crippen LogP contribution in [0.2, 0.25) is 5.02 Å². The van der Waals surface area contributed by atoms with Gasteiger partial charge in [0.15, 0.2) is 0 Å². The molecule has 2 N–H and O–H groups in total. The first-order valence-corrected chi connectivity index (χ1v) is 8.96. The van der Waals surface area contributed by atoms with E-state index >= 15 is 0 Å². The van der Waals surface area contributed by atoms with Gasteiger partial charge in [-0.25, -0.2) is 0 Å². The molecule has 4 nitrogen and oxygen atoms in total. The maximum absolute atomic E-state index is 12.6. The summed E-state index contributed by atoms with van der Waals surface area (Å²) in [5.41, 5.74) is 0.914. The Morgan fingerprint density at radius 2 is 1.74 bits per heavy atom. The van der Waals surface area contributed by atoms with E-state index in [2.05, 4.69) is 5.32 Å². The maximum atomic E-state index is 12.6. The highest BCUT2D eigenvalue weighted by Crippen LogP contribution is 2.32. The van der Waals surface area contributed by atoms with Crippen LogP contribution >= 0.6 is 11.6 Å². The molecule has 0 aliphatic carbocycles. The number of halogens is 1. The number of carbonyl (C=O) groups excluding carboxylic acids is 1. The third-order valence-electron chi connectivity index (χ3n) is 5.20. The van der Waals surface area contributed by atoms with Crippen LogP contribution in [-0.4, -0.2) is 42.1 Å². The van der Waals surface area contributed by atoms with Gasteiger partial charge in [0.25, 0.3) is 0 Å². The number of rotatable bonds is 3. The van der Waals surface area contributed by atoms with Gasteiger partial charge in [0.05, 0.1) is 6.10 Å². The predicted octanol–water partition coefficient (Wildman–Crippen LogP) is 2.61. The molecule has 5 heteroatoms. The summed E-state index contributed by atoms with van der Waals surface area (Å²) >= 11 is 5.90. The lowest BCUT2D eigenvalue weighted by atomic mass is 9.86. The van der Waals surface area contributed by atoms with E-state index in [0.717, 1.165) is 57.4 Å². The van der Waals surface area contributed by atoms with Crippen molar-refractivity contribution >= 4 is 17.5 Å². The summed E-state index contributed by atoms with van der Waals surface area (Å²) in [5.74, 6) is 0.716. The Morgan fingerprint density at radius 1 is 1.13 bits per heavy atom. The summed E-state index contributed by atoms with van der Waals surface area (Å²) in [5, 5.41) is 14.5. The number of hydrogen-bond donors (Lipinski definition) is 2. The summed E-state index contributed by atoms with van der Waals surface area (Å²) in [6.45, 7) is 3.42. The SMILES string of the molecule is O=C(C1CCNCC1)N1CCC([C@H](O)c2ccc(Cl)cc2)CC1. The smallest absolute Gasteiger partial charge is 0.225 e. The highest BCUT2D eigenvalue weighted by molar-refractivity contribution is 6.30. The Morgan fingerprint density at radius 3 is 2.35 bits per heavy atom. The van der Waals surface area contributed by atoms with Gasteiger partial charge >= 0.3 is 0 Å². The van der Waals surface area contributed by atoms with Crippen LogP contribution in [0.25, 0.3) is 0 Å². The van der Waals surface area contributed by atoms with Crippen LogP contribution in [-0.2, 0) is 4.79 Å². The summed E-state index contributed by atoms with van der Waals surface area (Å²) in [6.07, 6.45) is 3.16. The zero-order valence-corrected chi connectivity index (χ0v) is 14.1. The fourth-order valence-electron chi connectivity index (χ4n) is 3.69. The van der Waals surface area contributed by atoms with Crippen LogP contribution in [0.5, 0.6) is 0 Å². The summed E-state index contributed by atoms with van der Waals surface area (Å²) < 4.78 is 0. The number of piperidine rings is 2. The molecule has 2 saturated heterocycles. The molecule has 1 amide bonds. The summed E-state index contributed by atoms with van der Waals surface area (Å²) in [7, 11) is 0. The fraction of sp³-hybridized carbons (Fsp3) is 0.611. The van der Waals surface area contributed by atoms with Crippen LogP contribution < -0.4 is 5.32 Å². The van der Waals surface area contributed by atoms with Gasteiger partial charge in [-0.15, -0.1) is 0 Å². The number of aliphatic hydroxyl groups is 1. The van der Waals surface area contributed by atoms with Crippen LogP contribution in [0.15, 0.2) is 24.3 Å². The summed E-state index contributed by atoms with van der Waals surface area (Å²) in [6, 6.07) is 7.41. The zero-order chi connectivity index (χ0) is 16.2. The van der Waals surface area contributed by atoms with Crippen molar-refractivity contribution in [1.29, 1.82) is 0 Å². The van der Waals surface area contributed by atoms with Crippen molar-refractivity contribution in [2.75, 3.05) is 26.2 Å². The first kappa shape index (κ1) is 16.7. The molecule has 2 aliphatic rings. The Balaban J connectivity index is 1.53. The Kier molecular flexibility index (Phi) is 5.57. The molecule has 1 aromatic carbocycles. The van der Waals surface area contributed by atoms with Crippen molar-refractivity contribution in [2.24, 2.45) is 11.8 Å². The summed E-state index contributed by atoms with van der Waals surface area (Å²) in [4.78, 5) is 14.6. The Labute approximate surface area is 142 Å². The minimum Gasteiger partial charge on any atom is -0.388 e. The lowest BCUT2D eigenvalue weighted by Crippen LogP contribution is -2.45. The van der Waals surface area contributed by atoms with Crippen molar-refractivity contribution in [1.82, 2.24) is 10.2 Å². The Bertz CT molecular complexity index is 520. The third kappa shape index (κ3) is 4.06. The molecule has 1 aromatic rings. The van der Waals surface area contributed by atoms with Crippen molar-refractivity contribution in [3.8, 4) is 0 Å². The zero-order valence-electron chi connectivity index (χ0n) is 13.4. The predicted molar refractivity (Wildman–Crippen MR) is 91.3 cm³/mol. The van der Waals surface area contributed by atoms with Crippen molar-refractivity contribution in [3.63, 3.8) is 0 Å². The number of likely N-dealkylation sites (tertiary alicyclic amines) is 1. The van der Waals surface area contributed by atoms with Crippen molar-refractivity contribution in [3.05, 3.63) is 34.9 Å². The van der Waals surface area contributed by atoms with E-state index in [1.54, 1.807) is 0 Å². The maximum Gasteiger partial charge on any atom is 0.225 e. The second kappa shape index (κ2) is 7.65. The molecule has 3 rings (SSSR count). The van der Waals surface area contributed by atoms with Crippen LogP contribution in [0.4, 0.5) is 0 Å². The largest absolute Gasteiger partial charge is 0.388 e. The van der Waals surface area contributed by atoms with Crippen LogP contribution in [0.1, 0.15) is 37.4 Å². The van der Waals surface area contributed by atoms with E-state index < -0.39 is 6.10 Å². The van der Waals surface area contributed by atoms with Gasteiger partial charge in [0, 0.05) is 24.0 Å². The van der Waals surface area contributed by atoms with E-state index in [-0.39, 0.29) is 11.8 Å². The fourth-order valence-corrected chi connectivity index (χ4v) is 3.82. The number of amides is 1. The lowest BCUT2D eigenvalue weighted by molar-refractivity contribution is -0.138. The molecule has 0 radical (unpaired) electrons. The molecule has 0 unspecified atom stereocenters. The monoisotopic (exact) mass is 336 g/mol. The van der Waals surface area contributed by atoms with Crippen molar-refractivity contribution in [2.45, 2.75) is 31.8 Å². The van der Waals surface area contributed by atoms with Gasteiger partial charge in [-0.05, 0) is 62.4 Å². The van der Waals surface area contributed by atoms with Gasteiger partial charge in [-0.3, -0.25) is 4.79 Å². The number of hydrogen-bond acceptors (Lipinski definition) is 3. The first-order chi connectivity index (χ1) is 11.1. The normalized spacial score (nSPS) is 22.1. The molecule has 2 fully saturated rings. The van der Waals surface area contributed by atoms with E-state index in [1.165, 1.54) is 0 Å². The molecular formula is C18H25ClN2O2.